The maximum Gasteiger partial charge on any atom is 0.0453 e. The fraction of sp³-hybridized carbons (Fsp3) is 0.538. The topological polar surface area (TPSA) is 12.0 Å². The van der Waals surface area contributed by atoms with Crippen LogP contribution in [0.15, 0.2) is 24.3 Å². The second-order valence-electron chi connectivity index (χ2n) is 4.24. The van der Waals surface area contributed by atoms with E-state index in [0.29, 0.717) is 6.04 Å². The summed E-state index contributed by atoms with van der Waals surface area (Å²) in [6.45, 7) is 0. The van der Waals surface area contributed by atoms with Crippen molar-refractivity contribution in [1.82, 2.24) is 5.32 Å². The van der Waals surface area contributed by atoms with Gasteiger partial charge < -0.3 is 5.32 Å². The van der Waals surface area contributed by atoms with Gasteiger partial charge in [-0.25, -0.2) is 0 Å². The van der Waals surface area contributed by atoms with Crippen molar-refractivity contribution in [2.24, 2.45) is 5.92 Å². The monoisotopic (exact) mass is 255 g/mol. The van der Waals surface area contributed by atoms with E-state index in [1.54, 1.807) is 0 Å². The molecule has 1 heterocycles. The van der Waals surface area contributed by atoms with Gasteiger partial charge in [0, 0.05) is 11.1 Å². The maximum atomic E-state index is 6.27. The molecule has 1 saturated heterocycles. The first-order chi connectivity index (χ1) is 7.83. The first-order valence-electron chi connectivity index (χ1n) is 5.82. The van der Waals surface area contributed by atoms with E-state index < -0.39 is 0 Å². The average molecular weight is 256 g/mol. The molecule has 0 aromatic heterocycles. The highest BCUT2D eigenvalue weighted by Crippen LogP contribution is 2.35. The zero-order chi connectivity index (χ0) is 11.4. The summed E-state index contributed by atoms with van der Waals surface area (Å²) in [4.78, 5) is 0. The van der Waals surface area contributed by atoms with Crippen LogP contribution in [0.1, 0.15) is 24.4 Å². The van der Waals surface area contributed by atoms with Gasteiger partial charge in [0.05, 0.1) is 0 Å². The van der Waals surface area contributed by atoms with Gasteiger partial charge >= 0.3 is 0 Å². The molecule has 3 heteroatoms. The van der Waals surface area contributed by atoms with Gasteiger partial charge in [-0.05, 0) is 48.9 Å². The highest BCUT2D eigenvalue weighted by atomic mass is 35.5. The molecule has 1 unspecified atom stereocenters. The Morgan fingerprint density at radius 2 is 2.00 bits per heavy atom. The number of nitrogens with one attached hydrogen (secondary N) is 1. The normalized spacial score (nSPS) is 19.6. The van der Waals surface area contributed by atoms with E-state index >= 15 is 0 Å². The van der Waals surface area contributed by atoms with Crippen molar-refractivity contribution in [3.63, 3.8) is 0 Å². The third-order valence-corrected chi connectivity index (χ3v) is 4.68. The van der Waals surface area contributed by atoms with Crippen molar-refractivity contribution >= 4 is 23.4 Å². The van der Waals surface area contributed by atoms with Crippen LogP contribution in [-0.4, -0.2) is 18.6 Å². The van der Waals surface area contributed by atoms with Crippen LogP contribution >= 0.6 is 23.4 Å². The minimum atomic E-state index is 0.412. The van der Waals surface area contributed by atoms with Crippen LogP contribution in [0.5, 0.6) is 0 Å². The van der Waals surface area contributed by atoms with E-state index in [1.165, 1.54) is 29.9 Å². The third kappa shape index (κ3) is 2.73. The van der Waals surface area contributed by atoms with E-state index in [-0.39, 0.29) is 0 Å². The van der Waals surface area contributed by atoms with Gasteiger partial charge in [-0.3, -0.25) is 0 Å². The molecule has 1 atom stereocenters. The predicted molar refractivity (Wildman–Crippen MR) is 73.3 cm³/mol. The van der Waals surface area contributed by atoms with E-state index in [9.17, 15) is 0 Å². The van der Waals surface area contributed by atoms with Crippen LogP contribution in [0.25, 0.3) is 0 Å². The van der Waals surface area contributed by atoms with Gasteiger partial charge in [0.15, 0.2) is 0 Å². The van der Waals surface area contributed by atoms with Gasteiger partial charge in [0.1, 0.15) is 0 Å². The number of hydrogen-bond donors (Lipinski definition) is 1. The molecule has 0 spiro atoms. The molecule has 1 N–H and O–H groups in total. The minimum Gasteiger partial charge on any atom is -0.313 e. The first kappa shape index (κ1) is 12.3. The molecule has 1 nitrogen and oxygen atoms in total. The zero-order valence-corrected chi connectivity index (χ0v) is 11.2. The van der Waals surface area contributed by atoms with Crippen LogP contribution in [0.4, 0.5) is 0 Å². The fourth-order valence-electron chi connectivity index (χ4n) is 2.42. The van der Waals surface area contributed by atoms with E-state index in [4.69, 9.17) is 11.6 Å². The number of thioether (sulfide) groups is 1. The molecule has 1 aromatic rings. The summed E-state index contributed by atoms with van der Waals surface area (Å²) in [5.41, 5.74) is 1.25. The Morgan fingerprint density at radius 3 is 2.62 bits per heavy atom. The molecular weight excluding hydrogens is 238 g/mol. The Morgan fingerprint density at radius 1 is 1.31 bits per heavy atom. The summed E-state index contributed by atoms with van der Waals surface area (Å²) < 4.78 is 0. The molecule has 0 bridgehead atoms. The van der Waals surface area contributed by atoms with Gasteiger partial charge in [-0.15, -0.1) is 0 Å². The summed E-state index contributed by atoms with van der Waals surface area (Å²) >= 11 is 8.34. The van der Waals surface area contributed by atoms with Gasteiger partial charge in [-0.1, -0.05) is 29.8 Å². The summed E-state index contributed by atoms with van der Waals surface area (Å²) in [7, 11) is 2.04. The van der Waals surface area contributed by atoms with Crippen LogP contribution < -0.4 is 5.32 Å². The van der Waals surface area contributed by atoms with E-state index in [1.807, 2.05) is 19.2 Å². The van der Waals surface area contributed by atoms with E-state index in [2.05, 4.69) is 29.2 Å². The Bertz CT molecular complexity index is 336. The molecule has 88 valence electrons. The SMILES string of the molecule is CNC(c1ccccc1Cl)C1CCSCC1. The highest BCUT2D eigenvalue weighted by molar-refractivity contribution is 7.99. The molecule has 1 aromatic carbocycles. The quantitative estimate of drug-likeness (QED) is 0.883. The van der Waals surface area contributed by atoms with Crippen molar-refractivity contribution in [1.29, 1.82) is 0 Å². The molecule has 0 amide bonds. The molecule has 1 aliphatic rings. The zero-order valence-electron chi connectivity index (χ0n) is 9.58. The molecule has 1 aliphatic heterocycles. The minimum absolute atomic E-state index is 0.412. The Balaban J connectivity index is 2.18. The van der Waals surface area contributed by atoms with Gasteiger partial charge in [0.2, 0.25) is 0 Å². The maximum absolute atomic E-state index is 6.27. The average Bonchev–Trinajstić information content (AvgIpc) is 2.34. The standard InChI is InChI=1S/C13H18ClNS/c1-15-13(10-6-8-16-9-7-10)11-4-2-3-5-12(11)14/h2-5,10,13,15H,6-9H2,1H3. The largest absolute Gasteiger partial charge is 0.313 e. The number of hydrogen-bond acceptors (Lipinski definition) is 2. The first-order valence-corrected chi connectivity index (χ1v) is 7.35. The Labute approximate surface area is 107 Å². The molecular formula is C13H18ClNS. The summed E-state index contributed by atoms with van der Waals surface area (Å²) in [6, 6.07) is 8.61. The lowest BCUT2D eigenvalue weighted by molar-refractivity contribution is 0.358. The van der Waals surface area contributed by atoms with Gasteiger partial charge in [0.25, 0.3) is 0 Å². The van der Waals surface area contributed by atoms with Crippen LogP contribution in [0, 0.1) is 5.92 Å². The number of halogens is 1. The third-order valence-electron chi connectivity index (χ3n) is 3.29. The lowest BCUT2D eigenvalue weighted by Crippen LogP contribution is -2.28. The van der Waals surface area contributed by atoms with Crippen molar-refractivity contribution < 1.29 is 0 Å². The Kier molecular flexibility index (Phi) is 4.56. The molecule has 1 fully saturated rings. The second-order valence-corrected chi connectivity index (χ2v) is 5.87. The molecule has 16 heavy (non-hydrogen) atoms. The fourth-order valence-corrected chi connectivity index (χ4v) is 3.82. The lowest BCUT2D eigenvalue weighted by Gasteiger charge is -2.30. The number of rotatable bonds is 3. The number of benzene rings is 1. The van der Waals surface area contributed by atoms with Crippen molar-refractivity contribution in [3.05, 3.63) is 34.9 Å². The summed E-state index contributed by atoms with van der Waals surface area (Å²) in [5, 5.41) is 4.32. The van der Waals surface area contributed by atoms with Crippen molar-refractivity contribution in [2.75, 3.05) is 18.6 Å². The van der Waals surface area contributed by atoms with Crippen LogP contribution in [0.3, 0.4) is 0 Å². The highest BCUT2D eigenvalue weighted by Gasteiger charge is 2.25. The van der Waals surface area contributed by atoms with Crippen LogP contribution in [0.2, 0.25) is 5.02 Å². The lowest BCUT2D eigenvalue weighted by atomic mass is 9.88. The molecule has 0 saturated carbocycles. The molecule has 0 aliphatic carbocycles. The van der Waals surface area contributed by atoms with Crippen LogP contribution in [-0.2, 0) is 0 Å². The molecule has 2 rings (SSSR count). The van der Waals surface area contributed by atoms with E-state index in [0.717, 1.165) is 10.9 Å². The predicted octanol–water partition coefficient (Wildman–Crippen LogP) is 3.74. The van der Waals surface area contributed by atoms with Crippen molar-refractivity contribution in [3.8, 4) is 0 Å². The smallest absolute Gasteiger partial charge is 0.0453 e. The van der Waals surface area contributed by atoms with Crippen molar-refractivity contribution in [2.45, 2.75) is 18.9 Å². The van der Waals surface area contributed by atoms with Gasteiger partial charge in [-0.2, -0.15) is 11.8 Å². The Hall–Kier alpha value is -0.180. The second kappa shape index (κ2) is 5.95. The summed E-state index contributed by atoms with van der Waals surface area (Å²) in [5.74, 6) is 3.30. The molecule has 0 radical (unpaired) electrons. The summed E-state index contributed by atoms with van der Waals surface area (Å²) in [6.07, 6.45) is 2.59.